The van der Waals surface area contributed by atoms with E-state index in [0.717, 1.165) is 6.42 Å². The van der Waals surface area contributed by atoms with Gasteiger partial charge in [0.2, 0.25) is 5.91 Å². The monoisotopic (exact) mass is 477 g/mol. The van der Waals surface area contributed by atoms with Crippen molar-refractivity contribution in [3.05, 3.63) is 30.5 Å². The van der Waals surface area contributed by atoms with Crippen LogP contribution in [-0.2, 0) is 4.79 Å². The number of fused-ring (bicyclic) bond motifs is 2. The molecule has 1 saturated heterocycles. The average Bonchev–Trinajstić information content (AvgIpc) is 3.29. The zero-order valence-corrected chi connectivity index (χ0v) is 18.3. The van der Waals surface area contributed by atoms with Crippen molar-refractivity contribution in [1.82, 2.24) is 14.8 Å². The molecule has 2 heterocycles. The van der Waals surface area contributed by atoms with Crippen LogP contribution in [0, 0.1) is 11.8 Å². The lowest BCUT2D eigenvalue weighted by atomic mass is 9.85. The maximum absolute atomic E-state index is 13.2. The number of urea groups is 1. The minimum Gasteiger partial charge on any atom is -0.352 e. The number of para-hydroxylation sites is 1. The quantitative estimate of drug-likeness (QED) is 0.626. The van der Waals surface area contributed by atoms with E-state index < -0.39 is 42.1 Å². The largest absolute Gasteiger partial charge is 0.391 e. The van der Waals surface area contributed by atoms with E-state index in [4.69, 9.17) is 5.73 Å². The van der Waals surface area contributed by atoms with Gasteiger partial charge in [-0.25, -0.2) is 9.59 Å². The van der Waals surface area contributed by atoms with Crippen molar-refractivity contribution < 1.29 is 27.6 Å². The molecule has 2 aromatic rings. The minimum atomic E-state index is -4.27. The van der Waals surface area contributed by atoms with E-state index in [1.165, 1.54) is 15.7 Å². The number of aromatic nitrogens is 1. The number of alkyl halides is 3. The molecule has 3 fully saturated rings. The van der Waals surface area contributed by atoms with Gasteiger partial charge in [-0.05, 0) is 44.1 Å². The first-order valence-electron chi connectivity index (χ1n) is 11.5. The Hall–Kier alpha value is -3.24. The third kappa shape index (κ3) is 4.07. The van der Waals surface area contributed by atoms with Gasteiger partial charge >= 0.3 is 18.2 Å². The van der Waals surface area contributed by atoms with Crippen LogP contribution in [0.15, 0.2) is 30.5 Å². The molecule has 5 atom stereocenters. The molecule has 4 amide bonds. The predicted octanol–water partition coefficient (Wildman–Crippen LogP) is 3.80. The summed E-state index contributed by atoms with van der Waals surface area (Å²) in [4.78, 5) is 39.5. The molecule has 0 radical (unpaired) electrons. The summed E-state index contributed by atoms with van der Waals surface area (Å²) >= 11 is 0. The molecule has 182 valence electrons. The van der Waals surface area contributed by atoms with Gasteiger partial charge in [-0.2, -0.15) is 13.2 Å². The molecule has 1 aliphatic heterocycles. The second-order valence-electron chi connectivity index (χ2n) is 9.53. The van der Waals surface area contributed by atoms with Crippen molar-refractivity contribution in [2.24, 2.45) is 17.6 Å². The van der Waals surface area contributed by atoms with Gasteiger partial charge < -0.3 is 21.3 Å². The number of nitrogens with zero attached hydrogens (tertiary/aromatic N) is 2. The molecule has 0 bridgehead atoms. The van der Waals surface area contributed by atoms with Crippen LogP contribution in [0.1, 0.15) is 38.5 Å². The summed E-state index contributed by atoms with van der Waals surface area (Å²) in [6.45, 7) is 0. The topological polar surface area (TPSA) is 109 Å². The summed E-state index contributed by atoms with van der Waals surface area (Å²) < 4.78 is 40.7. The number of nitrogens with two attached hydrogens (primary N) is 1. The number of primary amides is 1. The van der Waals surface area contributed by atoms with Crippen LogP contribution in [0.25, 0.3) is 10.9 Å². The van der Waals surface area contributed by atoms with Crippen LogP contribution in [0.4, 0.5) is 28.4 Å². The molecule has 1 aromatic heterocycles. The van der Waals surface area contributed by atoms with E-state index in [1.54, 1.807) is 24.3 Å². The predicted molar refractivity (Wildman–Crippen MR) is 118 cm³/mol. The van der Waals surface area contributed by atoms with Gasteiger partial charge in [0.15, 0.2) is 0 Å². The number of rotatable bonds is 3. The zero-order valence-electron chi connectivity index (χ0n) is 18.3. The molecule has 2 aliphatic carbocycles. The first kappa shape index (κ1) is 22.5. The Labute approximate surface area is 193 Å². The number of carbonyl (C=O) groups is 3. The number of hydrogen-bond donors (Lipinski definition) is 3. The first-order chi connectivity index (χ1) is 16.1. The van der Waals surface area contributed by atoms with E-state index >= 15 is 0 Å². The van der Waals surface area contributed by atoms with Crippen molar-refractivity contribution in [3.8, 4) is 0 Å². The number of likely N-dealkylation sites (tertiary alicyclic amines) is 1. The highest BCUT2D eigenvalue weighted by Crippen LogP contribution is 2.48. The highest BCUT2D eigenvalue weighted by Gasteiger charge is 2.56. The number of benzene rings is 1. The zero-order chi connectivity index (χ0) is 24.2. The van der Waals surface area contributed by atoms with E-state index in [0.29, 0.717) is 35.9 Å². The number of halogens is 3. The lowest BCUT2D eigenvalue weighted by Gasteiger charge is -2.33. The molecule has 1 unspecified atom stereocenters. The molecule has 11 heteroatoms. The molecule has 34 heavy (non-hydrogen) atoms. The Balaban J connectivity index is 1.30. The number of anilines is 1. The Kier molecular flexibility index (Phi) is 5.44. The fourth-order valence-corrected chi connectivity index (χ4v) is 5.54. The van der Waals surface area contributed by atoms with E-state index in [-0.39, 0.29) is 24.8 Å². The van der Waals surface area contributed by atoms with Gasteiger partial charge in [-0.15, -0.1) is 0 Å². The number of amides is 4. The van der Waals surface area contributed by atoms with Crippen molar-refractivity contribution in [2.45, 2.75) is 62.8 Å². The van der Waals surface area contributed by atoms with Crippen molar-refractivity contribution in [2.75, 3.05) is 5.32 Å². The SMILES string of the molecule is NC(=O)n1cc(NC(=O)N2C3C[C@@H]3C[C@H]2C(=O)N[C@@H]2CCC[C@H](C(F)(F)F)C2)c2ccccc21. The molecule has 0 spiro atoms. The first-order valence-corrected chi connectivity index (χ1v) is 11.5. The second kappa shape index (κ2) is 8.21. The van der Waals surface area contributed by atoms with E-state index in [2.05, 4.69) is 10.6 Å². The van der Waals surface area contributed by atoms with Crippen LogP contribution >= 0.6 is 0 Å². The average molecular weight is 477 g/mol. The number of piperidine rings is 1. The number of nitrogens with one attached hydrogen (secondary N) is 2. The molecule has 4 N–H and O–H groups in total. The molecular weight excluding hydrogens is 451 g/mol. The van der Waals surface area contributed by atoms with E-state index in [1.807, 2.05) is 0 Å². The summed E-state index contributed by atoms with van der Waals surface area (Å²) in [5, 5.41) is 6.21. The Morgan fingerprint density at radius 1 is 1.06 bits per heavy atom. The maximum Gasteiger partial charge on any atom is 0.391 e. The molecule has 8 nitrogen and oxygen atoms in total. The molecule has 1 aromatic carbocycles. The Morgan fingerprint density at radius 3 is 2.56 bits per heavy atom. The minimum absolute atomic E-state index is 0.0745. The summed E-state index contributed by atoms with van der Waals surface area (Å²) in [5.41, 5.74) is 6.37. The van der Waals surface area contributed by atoms with Crippen molar-refractivity contribution >= 4 is 34.6 Å². The lowest BCUT2D eigenvalue weighted by Crippen LogP contribution is -2.52. The third-order valence-corrected chi connectivity index (χ3v) is 7.32. The van der Waals surface area contributed by atoms with Crippen LogP contribution in [0.5, 0.6) is 0 Å². The summed E-state index contributed by atoms with van der Waals surface area (Å²) in [5.74, 6) is -1.61. The van der Waals surface area contributed by atoms with Crippen LogP contribution in [0.3, 0.4) is 0 Å². The molecule has 3 aliphatic rings. The number of hydrogen-bond acceptors (Lipinski definition) is 3. The van der Waals surface area contributed by atoms with Crippen LogP contribution < -0.4 is 16.4 Å². The Bertz CT molecular complexity index is 1150. The summed E-state index contributed by atoms with van der Waals surface area (Å²) in [6, 6.07) is 4.44. The Morgan fingerprint density at radius 2 is 1.82 bits per heavy atom. The van der Waals surface area contributed by atoms with Gasteiger partial charge in [-0.1, -0.05) is 24.6 Å². The van der Waals surface area contributed by atoms with Crippen LogP contribution in [-0.4, -0.2) is 51.7 Å². The highest BCUT2D eigenvalue weighted by atomic mass is 19.4. The summed E-state index contributed by atoms with van der Waals surface area (Å²) in [6.07, 6.45) is -0.698. The van der Waals surface area contributed by atoms with Crippen molar-refractivity contribution in [1.29, 1.82) is 0 Å². The summed E-state index contributed by atoms with van der Waals surface area (Å²) in [7, 11) is 0. The smallest absolute Gasteiger partial charge is 0.352 e. The highest BCUT2D eigenvalue weighted by molar-refractivity contribution is 6.05. The molecular formula is C23H26F3N5O3. The lowest BCUT2D eigenvalue weighted by molar-refractivity contribution is -0.184. The van der Waals surface area contributed by atoms with Gasteiger partial charge in [0.1, 0.15) is 6.04 Å². The normalized spacial score (nSPS) is 28.4. The standard InChI is InChI=1S/C23H26F3N5O3/c24-23(25,26)13-4-3-5-14(10-13)28-20(32)19-9-12-8-18(12)31(19)22(34)29-16-11-30(21(27)33)17-7-2-1-6-15(16)17/h1-2,6-7,11-14,18-19H,3-5,8-10H2,(H2,27,33)(H,28,32)(H,29,34)/t12-,13+,14-,18?,19+/m1/s1. The van der Waals surface area contributed by atoms with E-state index in [9.17, 15) is 27.6 Å². The van der Waals surface area contributed by atoms with Crippen molar-refractivity contribution in [3.63, 3.8) is 0 Å². The molecule has 2 saturated carbocycles. The fourth-order valence-electron chi connectivity index (χ4n) is 5.54. The van der Waals surface area contributed by atoms with Gasteiger partial charge in [0, 0.05) is 23.7 Å². The fraction of sp³-hybridized carbons (Fsp3) is 0.522. The van der Waals surface area contributed by atoms with Gasteiger partial charge in [0.25, 0.3) is 0 Å². The third-order valence-electron chi connectivity index (χ3n) is 7.32. The molecule has 5 rings (SSSR count). The van der Waals surface area contributed by atoms with Crippen LogP contribution in [0.2, 0.25) is 0 Å². The van der Waals surface area contributed by atoms with Gasteiger partial charge in [0.05, 0.1) is 17.1 Å². The van der Waals surface area contributed by atoms with Gasteiger partial charge in [-0.3, -0.25) is 9.36 Å². The number of carbonyl (C=O) groups excluding carboxylic acids is 3. The second-order valence-corrected chi connectivity index (χ2v) is 9.53. The maximum atomic E-state index is 13.2.